The highest BCUT2D eigenvalue weighted by atomic mass is 32.2. The molecule has 0 amide bonds. The van der Waals surface area contributed by atoms with Gasteiger partial charge in [-0.15, -0.1) is 0 Å². The van der Waals surface area contributed by atoms with E-state index in [1.54, 1.807) is 20.9 Å². The highest BCUT2D eigenvalue weighted by Gasteiger charge is 2.40. The third-order valence-corrected chi connectivity index (χ3v) is 7.27. The Morgan fingerprint density at radius 2 is 2.04 bits per heavy atom. The number of hydrogen-bond acceptors (Lipinski definition) is 4. The molecule has 1 aliphatic heterocycles. The smallest absolute Gasteiger partial charge is 0.193 e. The molecule has 0 saturated carbocycles. The third-order valence-electron chi connectivity index (χ3n) is 4.74. The first kappa shape index (κ1) is 20.6. The zero-order valence-electron chi connectivity index (χ0n) is 16.4. The van der Waals surface area contributed by atoms with E-state index >= 15 is 0 Å². The number of ether oxygens (including phenoxy) is 1. The van der Waals surface area contributed by atoms with Crippen LogP contribution in [-0.2, 0) is 9.84 Å². The summed E-state index contributed by atoms with van der Waals surface area (Å²) >= 11 is 0. The lowest BCUT2D eigenvalue weighted by Crippen LogP contribution is -2.57. The summed E-state index contributed by atoms with van der Waals surface area (Å²) in [6, 6.07) is 8.07. The van der Waals surface area contributed by atoms with Crippen molar-refractivity contribution in [1.82, 2.24) is 10.2 Å². The normalized spacial score (nSPS) is 19.5. The van der Waals surface area contributed by atoms with Gasteiger partial charge in [-0.2, -0.15) is 0 Å². The Labute approximate surface area is 157 Å². The lowest BCUT2D eigenvalue weighted by Gasteiger charge is -2.39. The van der Waals surface area contributed by atoms with Crippen molar-refractivity contribution >= 4 is 15.8 Å². The number of aliphatic imine (C=N–C) groups is 1. The van der Waals surface area contributed by atoms with Crippen LogP contribution in [0.5, 0.6) is 5.75 Å². The van der Waals surface area contributed by atoms with Crippen molar-refractivity contribution in [3.05, 3.63) is 29.8 Å². The fourth-order valence-corrected chi connectivity index (χ4v) is 4.44. The summed E-state index contributed by atoms with van der Waals surface area (Å²) in [4.78, 5) is 6.30. The van der Waals surface area contributed by atoms with Gasteiger partial charge in [0.15, 0.2) is 15.8 Å². The predicted octanol–water partition coefficient (Wildman–Crippen LogP) is 2.27. The number of hydrogen-bond donors (Lipinski definition) is 1. The maximum atomic E-state index is 12.2. The number of nitrogens with zero attached hydrogens (tertiary/aromatic N) is 2. The molecule has 0 aliphatic carbocycles. The summed E-state index contributed by atoms with van der Waals surface area (Å²) in [5.41, 5.74) is 1.19. The van der Waals surface area contributed by atoms with E-state index in [4.69, 9.17) is 4.74 Å². The lowest BCUT2D eigenvalue weighted by atomic mass is 10.0. The van der Waals surface area contributed by atoms with E-state index in [1.807, 2.05) is 23.1 Å². The van der Waals surface area contributed by atoms with Crippen molar-refractivity contribution in [2.24, 2.45) is 4.99 Å². The summed E-state index contributed by atoms with van der Waals surface area (Å²) in [6.07, 6.45) is 0. The van der Waals surface area contributed by atoms with E-state index in [-0.39, 0.29) is 5.75 Å². The first-order valence-electron chi connectivity index (χ1n) is 9.07. The Morgan fingerprint density at radius 3 is 2.65 bits per heavy atom. The van der Waals surface area contributed by atoms with E-state index in [2.05, 4.69) is 30.2 Å². The molecular weight excluding hydrogens is 350 g/mol. The number of rotatable bonds is 5. The molecule has 0 aromatic heterocycles. The first-order valence-corrected chi connectivity index (χ1v) is 10.7. The monoisotopic (exact) mass is 381 g/mol. The molecule has 1 N–H and O–H groups in total. The van der Waals surface area contributed by atoms with Gasteiger partial charge in [-0.05, 0) is 31.4 Å². The van der Waals surface area contributed by atoms with Crippen LogP contribution in [0.2, 0.25) is 0 Å². The van der Waals surface area contributed by atoms with Crippen LogP contribution in [0.25, 0.3) is 0 Å². The minimum Gasteiger partial charge on any atom is -0.491 e. The highest BCUT2D eigenvalue weighted by Crippen LogP contribution is 2.26. The van der Waals surface area contributed by atoms with Crippen LogP contribution in [0.1, 0.15) is 39.2 Å². The number of sulfone groups is 1. The second-order valence-electron chi connectivity index (χ2n) is 7.52. The van der Waals surface area contributed by atoms with Crippen LogP contribution in [0.3, 0.4) is 0 Å². The number of guanidine groups is 1. The summed E-state index contributed by atoms with van der Waals surface area (Å²) < 4.78 is 29.5. The molecule has 0 atom stereocenters. The zero-order valence-corrected chi connectivity index (χ0v) is 17.3. The SMILES string of the molecule is CN=C(NCCOc1ccccc1C(C)C)N1CCS(=O)(=O)C(C)(C)C1. The van der Waals surface area contributed by atoms with E-state index in [0.717, 1.165) is 5.75 Å². The van der Waals surface area contributed by atoms with Crippen LogP contribution in [0.4, 0.5) is 0 Å². The molecule has 7 heteroatoms. The van der Waals surface area contributed by atoms with E-state index in [9.17, 15) is 8.42 Å². The van der Waals surface area contributed by atoms with Crippen molar-refractivity contribution in [3.8, 4) is 5.75 Å². The van der Waals surface area contributed by atoms with Gasteiger partial charge >= 0.3 is 0 Å². The maximum Gasteiger partial charge on any atom is 0.193 e. The van der Waals surface area contributed by atoms with Gasteiger partial charge in [0.2, 0.25) is 0 Å². The van der Waals surface area contributed by atoms with Crippen molar-refractivity contribution < 1.29 is 13.2 Å². The summed E-state index contributed by atoms with van der Waals surface area (Å²) in [7, 11) is -1.34. The second kappa shape index (κ2) is 8.29. The van der Waals surface area contributed by atoms with Gasteiger partial charge in [0.1, 0.15) is 12.4 Å². The highest BCUT2D eigenvalue weighted by molar-refractivity contribution is 7.92. The molecule has 1 aromatic rings. The third kappa shape index (κ3) is 4.69. The Balaban J connectivity index is 1.89. The number of benzene rings is 1. The average molecular weight is 382 g/mol. The van der Waals surface area contributed by atoms with Crippen molar-refractivity contribution in [2.75, 3.05) is 39.0 Å². The minimum absolute atomic E-state index is 0.152. The average Bonchev–Trinajstić information content (AvgIpc) is 2.58. The zero-order chi connectivity index (χ0) is 19.4. The summed E-state index contributed by atoms with van der Waals surface area (Å²) in [6.45, 7) is 9.85. The quantitative estimate of drug-likeness (QED) is 0.481. The summed E-state index contributed by atoms with van der Waals surface area (Å²) in [5, 5.41) is 3.28. The van der Waals surface area contributed by atoms with E-state index < -0.39 is 14.6 Å². The van der Waals surface area contributed by atoms with Gasteiger partial charge in [0.25, 0.3) is 0 Å². The first-order chi connectivity index (χ1) is 12.2. The molecule has 1 fully saturated rings. The molecule has 26 heavy (non-hydrogen) atoms. The van der Waals surface area contributed by atoms with Gasteiger partial charge < -0.3 is 15.0 Å². The topological polar surface area (TPSA) is 71.0 Å². The molecule has 1 aromatic carbocycles. The number of para-hydroxylation sites is 1. The molecule has 6 nitrogen and oxygen atoms in total. The van der Waals surface area contributed by atoms with Crippen LogP contribution in [0.15, 0.2) is 29.3 Å². The fraction of sp³-hybridized carbons (Fsp3) is 0.632. The molecule has 0 unspecified atom stereocenters. The van der Waals surface area contributed by atoms with Gasteiger partial charge in [-0.3, -0.25) is 4.99 Å². The Morgan fingerprint density at radius 1 is 1.35 bits per heavy atom. The molecule has 1 heterocycles. The van der Waals surface area contributed by atoms with E-state index in [0.29, 0.717) is 38.1 Å². The Hall–Kier alpha value is -1.76. The number of nitrogens with one attached hydrogen (secondary N) is 1. The van der Waals surface area contributed by atoms with Crippen LogP contribution in [0, 0.1) is 0 Å². The van der Waals surface area contributed by atoms with Crippen molar-refractivity contribution in [1.29, 1.82) is 0 Å². The lowest BCUT2D eigenvalue weighted by molar-refractivity contribution is 0.309. The van der Waals surface area contributed by atoms with Gasteiger partial charge in [-0.1, -0.05) is 32.0 Å². The molecule has 0 spiro atoms. The second-order valence-corrected chi connectivity index (χ2v) is 10.3. The molecule has 2 rings (SSSR count). The Kier molecular flexibility index (Phi) is 6.55. The van der Waals surface area contributed by atoms with Crippen LogP contribution < -0.4 is 10.1 Å². The molecule has 0 bridgehead atoms. The van der Waals surface area contributed by atoms with E-state index in [1.165, 1.54) is 5.56 Å². The van der Waals surface area contributed by atoms with Crippen molar-refractivity contribution in [3.63, 3.8) is 0 Å². The molecule has 1 saturated heterocycles. The van der Waals surface area contributed by atoms with Gasteiger partial charge in [0.05, 0.1) is 17.0 Å². The van der Waals surface area contributed by atoms with Crippen LogP contribution >= 0.6 is 0 Å². The van der Waals surface area contributed by atoms with Gasteiger partial charge in [-0.25, -0.2) is 8.42 Å². The standard InChI is InChI=1S/C19H31N3O3S/c1-15(2)16-8-6-7-9-17(16)25-12-10-21-18(20-5)22-11-13-26(23,24)19(3,4)14-22/h6-9,15H,10-14H2,1-5H3,(H,20,21). The largest absolute Gasteiger partial charge is 0.491 e. The molecular formula is C19H31N3O3S. The fourth-order valence-electron chi connectivity index (χ4n) is 3.07. The predicted molar refractivity (Wildman–Crippen MR) is 107 cm³/mol. The van der Waals surface area contributed by atoms with Crippen LogP contribution in [-0.4, -0.2) is 63.1 Å². The molecule has 146 valence electrons. The summed E-state index contributed by atoms with van der Waals surface area (Å²) in [5.74, 6) is 2.18. The minimum atomic E-state index is -3.06. The van der Waals surface area contributed by atoms with Gasteiger partial charge in [0, 0.05) is 20.1 Å². The molecule has 1 aliphatic rings. The Bertz CT molecular complexity index is 742. The maximum absolute atomic E-state index is 12.2. The molecule has 0 radical (unpaired) electrons. The van der Waals surface area contributed by atoms with Crippen molar-refractivity contribution in [2.45, 2.75) is 38.4 Å².